The van der Waals surface area contributed by atoms with Crippen molar-refractivity contribution in [2.75, 3.05) is 19.6 Å². The second-order valence-electron chi connectivity index (χ2n) is 4.76. The minimum absolute atomic E-state index is 0.158. The molecule has 4 nitrogen and oxygen atoms in total. The number of unbranched alkanes of at least 4 members (excludes halogenated alkanes) is 1. The lowest BCUT2D eigenvalue weighted by Gasteiger charge is -2.13. The topological polar surface area (TPSA) is 49.4 Å². The SMILES string of the molecule is CCCCNCCCN1C(=O)c2ccccc2C1=O. The highest BCUT2D eigenvalue weighted by Crippen LogP contribution is 2.22. The Morgan fingerprint density at radius 1 is 1.00 bits per heavy atom. The van der Waals surface area contributed by atoms with Crippen LogP contribution < -0.4 is 5.32 Å². The largest absolute Gasteiger partial charge is 0.317 e. The average Bonchev–Trinajstić information content (AvgIpc) is 2.68. The molecule has 0 aliphatic carbocycles. The van der Waals surface area contributed by atoms with E-state index in [4.69, 9.17) is 0 Å². The quantitative estimate of drug-likeness (QED) is 0.603. The lowest BCUT2D eigenvalue weighted by atomic mass is 10.1. The summed E-state index contributed by atoms with van der Waals surface area (Å²) in [6.45, 7) is 4.48. The van der Waals surface area contributed by atoms with Gasteiger partial charge in [-0.15, -0.1) is 0 Å². The summed E-state index contributed by atoms with van der Waals surface area (Å²) in [6.07, 6.45) is 3.13. The van der Waals surface area contributed by atoms with E-state index >= 15 is 0 Å². The second kappa shape index (κ2) is 6.48. The van der Waals surface area contributed by atoms with Crippen molar-refractivity contribution in [3.63, 3.8) is 0 Å². The summed E-state index contributed by atoms with van der Waals surface area (Å²) in [5.41, 5.74) is 1.07. The van der Waals surface area contributed by atoms with Gasteiger partial charge in [-0.3, -0.25) is 14.5 Å². The number of nitrogens with zero attached hydrogens (tertiary/aromatic N) is 1. The number of nitrogens with one attached hydrogen (secondary N) is 1. The number of carbonyl (C=O) groups excluding carboxylic acids is 2. The molecule has 2 rings (SSSR count). The van der Waals surface area contributed by atoms with Gasteiger partial charge in [0.05, 0.1) is 11.1 Å². The van der Waals surface area contributed by atoms with Crippen molar-refractivity contribution in [2.24, 2.45) is 0 Å². The molecule has 0 unspecified atom stereocenters. The third kappa shape index (κ3) is 3.01. The maximum Gasteiger partial charge on any atom is 0.261 e. The zero-order valence-electron chi connectivity index (χ0n) is 11.3. The molecule has 0 fully saturated rings. The number of carbonyl (C=O) groups is 2. The summed E-state index contributed by atoms with van der Waals surface area (Å²) in [5, 5.41) is 3.31. The van der Waals surface area contributed by atoms with Crippen molar-refractivity contribution >= 4 is 11.8 Å². The number of fused-ring (bicyclic) bond motifs is 1. The highest BCUT2D eigenvalue weighted by atomic mass is 16.2. The minimum atomic E-state index is -0.158. The molecule has 0 spiro atoms. The van der Waals surface area contributed by atoms with E-state index < -0.39 is 0 Å². The van der Waals surface area contributed by atoms with Gasteiger partial charge in [0.15, 0.2) is 0 Å². The Morgan fingerprint density at radius 3 is 2.16 bits per heavy atom. The molecule has 2 amide bonds. The summed E-state index contributed by atoms with van der Waals surface area (Å²) >= 11 is 0. The van der Waals surface area contributed by atoms with Crippen molar-refractivity contribution in [1.29, 1.82) is 0 Å². The fraction of sp³-hybridized carbons (Fsp3) is 0.467. The first-order valence-corrected chi connectivity index (χ1v) is 6.91. The predicted molar refractivity (Wildman–Crippen MR) is 74.2 cm³/mol. The van der Waals surface area contributed by atoms with E-state index in [0.717, 1.165) is 25.9 Å². The summed E-state index contributed by atoms with van der Waals surface area (Å²) < 4.78 is 0. The monoisotopic (exact) mass is 260 g/mol. The van der Waals surface area contributed by atoms with Gasteiger partial charge in [-0.2, -0.15) is 0 Å². The zero-order chi connectivity index (χ0) is 13.7. The van der Waals surface area contributed by atoms with E-state index in [9.17, 15) is 9.59 Å². The number of hydrogen-bond donors (Lipinski definition) is 1. The van der Waals surface area contributed by atoms with Crippen LogP contribution in [0.3, 0.4) is 0 Å². The summed E-state index contributed by atoms with van der Waals surface area (Å²) in [4.78, 5) is 25.5. The van der Waals surface area contributed by atoms with Crippen molar-refractivity contribution < 1.29 is 9.59 Å². The Hall–Kier alpha value is -1.68. The lowest BCUT2D eigenvalue weighted by Crippen LogP contribution is -2.32. The van der Waals surface area contributed by atoms with Crippen LogP contribution in [0.2, 0.25) is 0 Å². The van der Waals surface area contributed by atoms with Gasteiger partial charge >= 0.3 is 0 Å². The first-order chi connectivity index (χ1) is 9.25. The molecule has 102 valence electrons. The number of amides is 2. The van der Waals surface area contributed by atoms with E-state index in [-0.39, 0.29) is 11.8 Å². The summed E-state index contributed by atoms with van der Waals surface area (Å²) in [5.74, 6) is -0.316. The van der Waals surface area contributed by atoms with Crippen LogP contribution in [-0.2, 0) is 0 Å². The molecular formula is C15H20N2O2. The molecule has 0 radical (unpaired) electrons. The van der Waals surface area contributed by atoms with Crippen LogP contribution in [-0.4, -0.2) is 36.3 Å². The Bertz CT molecular complexity index is 436. The van der Waals surface area contributed by atoms with Crippen LogP contribution in [0.15, 0.2) is 24.3 Å². The molecule has 0 aromatic heterocycles. The lowest BCUT2D eigenvalue weighted by molar-refractivity contribution is 0.0652. The maximum atomic E-state index is 12.1. The van der Waals surface area contributed by atoms with Crippen LogP contribution in [0, 0.1) is 0 Å². The van der Waals surface area contributed by atoms with Gasteiger partial charge in [-0.1, -0.05) is 25.5 Å². The van der Waals surface area contributed by atoms with Crippen LogP contribution in [0.25, 0.3) is 0 Å². The normalized spacial score (nSPS) is 14.1. The van der Waals surface area contributed by atoms with E-state index in [0.29, 0.717) is 17.7 Å². The van der Waals surface area contributed by atoms with Crippen molar-refractivity contribution in [3.05, 3.63) is 35.4 Å². The fourth-order valence-corrected chi connectivity index (χ4v) is 2.23. The molecule has 1 aromatic carbocycles. The van der Waals surface area contributed by atoms with E-state index in [1.54, 1.807) is 24.3 Å². The molecule has 19 heavy (non-hydrogen) atoms. The molecule has 1 aromatic rings. The Labute approximate surface area is 113 Å². The highest BCUT2D eigenvalue weighted by Gasteiger charge is 2.34. The summed E-state index contributed by atoms with van der Waals surface area (Å²) in [6, 6.07) is 7.02. The Kier molecular flexibility index (Phi) is 4.68. The van der Waals surface area contributed by atoms with Crippen molar-refractivity contribution in [1.82, 2.24) is 10.2 Å². The van der Waals surface area contributed by atoms with Crippen LogP contribution in [0.5, 0.6) is 0 Å². The first kappa shape index (κ1) is 13.7. The van der Waals surface area contributed by atoms with Crippen molar-refractivity contribution in [3.8, 4) is 0 Å². The highest BCUT2D eigenvalue weighted by molar-refractivity contribution is 6.21. The fourth-order valence-electron chi connectivity index (χ4n) is 2.23. The Balaban J connectivity index is 1.83. The predicted octanol–water partition coefficient (Wildman–Crippen LogP) is 2.06. The van der Waals surface area contributed by atoms with Gasteiger partial charge in [0.1, 0.15) is 0 Å². The third-order valence-corrected chi connectivity index (χ3v) is 3.32. The molecule has 0 saturated carbocycles. The molecular weight excluding hydrogens is 240 g/mol. The maximum absolute atomic E-state index is 12.1. The van der Waals surface area contributed by atoms with Gasteiger partial charge in [-0.25, -0.2) is 0 Å². The van der Waals surface area contributed by atoms with Crippen LogP contribution >= 0.6 is 0 Å². The van der Waals surface area contributed by atoms with Gasteiger partial charge in [0, 0.05) is 6.54 Å². The first-order valence-electron chi connectivity index (χ1n) is 6.91. The van der Waals surface area contributed by atoms with Gasteiger partial charge in [0.25, 0.3) is 11.8 Å². The third-order valence-electron chi connectivity index (χ3n) is 3.32. The standard InChI is InChI=1S/C15H20N2O2/c1-2-3-9-16-10-6-11-17-14(18)12-7-4-5-8-13(12)15(17)19/h4-5,7-8,16H,2-3,6,9-11H2,1H3. The smallest absolute Gasteiger partial charge is 0.261 e. The number of benzene rings is 1. The molecule has 1 N–H and O–H groups in total. The van der Waals surface area contributed by atoms with Crippen LogP contribution in [0.4, 0.5) is 0 Å². The zero-order valence-corrected chi connectivity index (χ0v) is 11.3. The molecule has 1 heterocycles. The molecule has 0 atom stereocenters. The van der Waals surface area contributed by atoms with Gasteiger partial charge < -0.3 is 5.32 Å². The van der Waals surface area contributed by atoms with E-state index in [1.165, 1.54) is 11.3 Å². The van der Waals surface area contributed by atoms with Crippen LogP contribution in [0.1, 0.15) is 46.9 Å². The summed E-state index contributed by atoms with van der Waals surface area (Å²) in [7, 11) is 0. The molecule has 1 aliphatic rings. The number of rotatable bonds is 7. The molecule has 0 bridgehead atoms. The second-order valence-corrected chi connectivity index (χ2v) is 4.76. The number of hydrogen-bond acceptors (Lipinski definition) is 3. The molecule has 0 saturated heterocycles. The van der Waals surface area contributed by atoms with Gasteiger partial charge in [0.2, 0.25) is 0 Å². The Morgan fingerprint density at radius 2 is 1.58 bits per heavy atom. The van der Waals surface area contributed by atoms with Gasteiger partial charge in [-0.05, 0) is 38.1 Å². The number of imide groups is 1. The van der Waals surface area contributed by atoms with Crippen molar-refractivity contribution in [2.45, 2.75) is 26.2 Å². The minimum Gasteiger partial charge on any atom is -0.317 e. The molecule has 4 heteroatoms. The van der Waals surface area contributed by atoms with E-state index in [1.807, 2.05) is 0 Å². The van der Waals surface area contributed by atoms with E-state index in [2.05, 4.69) is 12.2 Å². The average molecular weight is 260 g/mol. The molecule has 1 aliphatic heterocycles.